The average molecular weight is 373 g/mol. The van der Waals surface area contributed by atoms with Crippen LogP contribution in [0.2, 0.25) is 0 Å². The molecular formula is C21H15N3O4. The summed E-state index contributed by atoms with van der Waals surface area (Å²) in [7, 11) is 1.87. The van der Waals surface area contributed by atoms with Gasteiger partial charge < -0.3 is 4.90 Å². The van der Waals surface area contributed by atoms with Crippen molar-refractivity contribution < 1.29 is 19.2 Å². The topological polar surface area (TPSA) is 78.0 Å². The first kappa shape index (κ1) is 17.4. The smallest absolute Gasteiger partial charge is 0.258 e. The molecule has 0 aliphatic carbocycles. The molecule has 138 valence electrons. The average Bonchev–Trinajstić information content (AvgIpc) is 3.22. The number of imide groups is 2. The van der Waals surface area contributed by atoms with Crippen molar-refractivity contribution in [1.82, 2.24) is 0 Å². The second-order valence-corrected chi connectivity index (χ2v) is 6.28. The maximum atomic E-state index is 11.8. The predicted octanol–water partition coefficient (Wildman–Crippen LogP) is 2.31. The van der Waals surface area contributed by atoms with E-state index < -0.39 is 0 Å². The lowest BCUT2D eigenvalue weighted by Crippen LogP contribution is -2.29. The minimum atomic E-state index is -0.359. The van der Waals surface area contributed by atoms with E-state index in [0.29, 0.717) is 11.4 Å². The number of carbonyl (C=O) groups is 4. The van der Waals surface area contributed by atoms with Crippen molar-refractivity contribution in [2.75, 3.05) is 21.7 Å². The van der Waals surface area contributed by atoms with E-state index >= 15 is 0 Å². The molecule has 0 aromatic heterocycles. The summed E-state index contributed by atoms with van der Waals surface area (Å²) < 4.78 is 0. The third-order valence-corrected chi connectivity index (χ3v) is 4.61. The minimum absolute atomic E-state index is 0.359. The van der Waals surface area contributed by atoms with Crippen LogP contribution in [0.25, 0.3) is 0 Å². The number of benzene rings is 2. The third-order valence-electron chi connectivity index (χ3n) is 4.61. The molecule has 0 fully saturated rings. The molecule has 0 bridgehead atoms. The molecule has 0 unspecified atom stereocenters. The maximum absolute atomic E-state index is 11.8. The Kier molecular flexibility index (Phi) is 4.12. The van der Waals surface area contributed by atoms with Gasteiger partial charge in [0, 0.05) is 42.7 Å². The second kappa shape index (κ2) is 6.62. The lowest BCUT2D eigenvalue weighted by Gasteiger charge is -2.22. The number of nitrogens with zero attached hydrogens (tertiary/aromatic N) is 3. The number of amides is 4. The van der Waals surface area contributed by atoms with Crippen molar-refractivity contribution in [2.24, 2.45) is 0 Å². The molecule has 4 amide bonds. The van der Waals surface area contributed by atoms with Crippen molar-refractivity contribution in [3.8, 4) is 0 Å². The Morgan fingerprint density at radius 3 is 1.11 bits per heavy atom. The highest BCUT2D eigenvalue weighted by molar-refractivity contribution is 6.28. The highest BCUT2D eigenvalue weighted by Crippen LogP contribution is 2.29. The van der Waals surface area contributed by atoms with Gasteiger partial charge in [-0.25, -0.2) is 9.80 Å². The summed E-state index contributed by atoms with van der Waals surface area (Å²) >= 11 is 0. The summed E-state index contributed by atoms with van der Waals surface area (Å²) in [6.45, 7) is 0. The van der Waals surface area contributed by atoms with Gasteiger partial charge in [0.2, 0.25) is 0 Å². The summed E-state index contributed by atoms with van der Waals surface area (Å²) in [4.78, 5) is 51.2. The first-order chi connectivity index (χ1) is 13.5. The molecule has 2 aromatic rings. The van der Waals surface area contributed by atoms with Crippen LogP contribution in [0.1, 0.15) is 0 Å². The van der Waals surface area contributed by atoms with Gasteiger partial charge >= 0.3 is 0 Å². The molecule has 28 heavy (non-hydrogen) atoms. The predicted molar refractivity (Wildman–Crippen MR) is 104 cm³/mol. The molecule has 0 saturated heterocycles. The summed E-state index contributed by atoms with van der Waals surface area (Å²) in [5.41, 5.74) is 2.70. The Labute approximate surface area is 160 Å². The number of hydrogen-bond donors (Lipinski definition) is 0. The second-order valence-electron chi connectivity index (χ2n) is 6.28. The lowest BCUT2D eigenvalue weighted by atomic mass is 10.2. The number of carbonyl (C=O) groups excluding carboxylic acids is 4. The van der Waals surface area contributed by atoms with Crippen LogP contribution in [-0.4, -0.2) is 30.7 Å². The highest BCUT2D eigenvalue weighted by Gasteiger charge is 2.26. The summed E-state index contributed by atoms with van der Waals surface area (Å²) in [6, 6.07) is 14.0. The van der Waals surface area contributed by atoms with E-state index in [2.05, 4.69) is 0 Å². The standard InChI is InChI=1S/C21H15N3O4/c1-22(14-2-6-16(7-3-14)23-18(25)10-11-19(23)26)15-4-8-17(9-5-15)24-20(27)12-13-21(24)28/h2-13H,1H3. The van der Waals surface area contributed by atoms with Gasteiger partial charge in [-0.15, -0.1) is 0 Å². The molecule has 0 radical (unpaired) electrons. The minimum Gasteiger partial charge on any atom is -0.345 e. The fourth-order valence-corrected chi connectivity index (χ4v) is 3.11. The van der Waals surface area contributed by atoms with Gasteiger partial charge in [-0.1, -0.05) is 0 Å². The Balaban J connectivity index is 1.52. The molecule has 2 aliphatic rings. The van der Waals surface area contributed by atoms with E-state index in [9.17, 15) is 19.2 Å². The fourth-order valence-electron chi connectivity index (χ4n) is 3.11. The van der Waals surface area contributed by atoms with Crippen LogP contribution in [0.3, 0.4) is 0 Å². The Hall–Kier alpha value is -4.00. The largest absolute Gasteiger partial charge is 0.345 e. The maximum Gasteiger partial charge on any atom is 0.258 e. The molecule has 0 spiro atoms. The van der Waals surface area contributed by atoms with Gasteiger partial charge in [-0.2, -0.15) is 0 Å². The molecule has 2 aliphatic heterocycles. The van der Waals surface area contributed by atoms with Gasteiger partial charge in [-0.3, -0.25) is 19.2 Å². The number of hydrogen-bond acceptors (Lipinski definition) is 5. The van der Waals surface area contributed by atoms with Crippen molar-refractivity contribution in [3.63, 3.8) is 0 Å². The number of anilines is 4. The fraction of sp³-hybridized carbons (Fsp3) is 0.0476. The molecule has 0 saturated carbocycles. The van der Waals surface area contributed by atoms with E-state index in [1.54, 1.807) is 48.5 Å². The van der Waals surface area contributed by atoms with Crippen LogP contribution in [0.5, 0.6) is 0 Å². The van der Waals surface area contributed by atoms with Crippen LogP contribution in [-0.2, 0) is 19.2 Å². The molecule has 0 atom stereocenters. The van der Waals surface area contributed by atoms with Crippen LogP contribution in [0.4, 0.5) is 22.7 Å². The SMILES string of the molecule is CN(c1ccc(N2C(=O)C=CC2=O)cc1)c1ccc(N2C(=O)C=CC2=O)cc1. The molecule has 7 heteroatoms. The van der Waals surface area contributed by atoms with E-state index in [1.165, 1.54) is 24.3 Å². The monoisotopic (exact) mass is 373 g/mol. The van der Waals surface area contributed by atoms with Crippen molar-refractivity contribution in [2.45, 2.75) is 0 Å². The molecule has 7 nitrogen and oxygen atoms in total. The molecule has 2 aromatic carbocycles. The quantitative estimate of drug-likeness (QED) is 0.769. The molecular weight excluding hydrogens is 358 g/mol. The first-order valence-corrected chi connectivity index (χ1v) is 8.52. The van der Waals surface area contributed by atoms with Gasteiger partial charge in [-0.05, 0) is 48.5 Å². The number of rotatable bonds is 4. The molecule has 4 rings (SSSR count). The zero-order valence-corrected chi connectivity index (χ0v) is 14.9. The van der Waals surface area contributed by atoms with Gasteiger partial charge in [0.15, 0.2) is 0 Å². The zero-order valence-electron chi connectivity index (χ0n) is 14.9. The van der Waals surface area contributed by atoms with Crippen LogP contribution in [0.15, 0.2) is 72.8 Å². The van der Waals surface area contributed by atoms with Gasteiger partial charge in [0.25, 0.3) is 23.6 Å². The first-order valence-electron chi connectivity index (χ1n) is 8.52. The summed E-state index contributed by atoms with van der Waals surface area (Å²) in [6.07, 6.45) is 4.98. The van der Waals surface area contributed by atoms with E-state index in [-0.39, 0.29) is 23.6 Å². The normalized spacial score (nSPS) is 15.9. The zero-order chi connectivity index (χ0) is 19.8. The van der Waals surface area contributed by atoms with E-state index in [1.807, 2.05) is 11.9 Å². The summed E-state index contributed by atoms with van der Waals surface area (Å²) in [5.74, 6) is -1.44. The molecule has 2 heterocycles. The van der Waals surface area contributed by atoms with Crippen molar-refractivity contribution >= 4 is 46.4 Å². The van der Waals surface area contributed by atoms with Crippen LogP contribution in [0, 0.1) is 0 Å². The van der Waals surface area contributed by atoms with Crippen LogP contribution < -0.4 is 14.7 Å². The van der Waals surface area contributed by atoms with Gasteiger partial charge in [0.1, 0.15) is 0 Å². The van der Waals surface area contributed by atoms with E-state index in [0.717, 1.165) is 21.2 Å². The Morgan fingerprint density at radius 1 is 0.536 bits per heavy atom. The van der Waals surface area contributed by atoms with Crippen LogP contribution >= 0.6 is 0 Å². The highest BCUT2D eigenvalue weighted by atomic mass is 16.2. The van der Waals surface area contributed by atoms with Crippen molar-refractivity contribution in [1.29, 1.82) is 0 Å². The van der Waals surface area contributed by atoms with Gasteiger partial charge in [0.05, 0.1) is 11.4 Å². The Morgan fingerprint density at radius 2 is 0.821 bits per heavy atom. The summed E-state index contributed by atoms with van der Waals surface area (Å²) in [5, 5.41) is 0. The molecule has 0 N–H and O–H groups in total. The third kappa shape index (κ3) is 2.88. The lowest BCUT2D eigenvalue weighted by molar-refractivity contribution is -0.121. The Bertz CT molecular complexity index is 931. The van der Waals surface area contributed by atoms with Crippen molar-refractivity contribution in [3.05, 3.63) is 72.8 Å². The van der Waals surface area contributed by atoms with E-state index in [4.69, 9.17) is 0 Å².